The molecule has 0 aromatic heterocycles. The first-order valence-electron chi connectivity index (χ1n) is 18.1. The third kappa shape index (κ3) is 17.9. The Hall–Kier alpha value is -1.45. The Morgan fingerprint density at radius 3 is 2.02 bits per heavy atom. The molecule has 1 aliphatic carbocycles. The fourth-order valence-electron chi connectivity index (χ4n) is 6.75. The van der Waals surface area contributed by atoms with Crippen molar-refractivity contribution in [2.75, 3.05) is 7.11 Å². The van der Waals surface area contributed by atoms with Gasteiger partial charge < -0.3 is 14.6 Å². The largest absolute Gasteiger partial charge is 0.393 e. The number of unbranched alkanes of at least 4 members (excludes halogenated alkanes) is 1. The van der Waals surface area contributed by atoms with E-state index < -0.39 is 0 Å². The Labute approximate surface area is 274 Å². The van der Waals surface area contributed by atoms with Gasteiger partial charge in [0.15, 0.2) is 0 Å². The molecule has 0 heterocycles. The lowest BCUT2D eigenvalue weighted by molar-refractivity contribution is -0.111. The molecule has 0 bridgehead atoms. The number of ether oxygens (including phenoxy) is 1. The van der Waals surface area contributed by atoms with Crippen molar-refractivity contribution in [3.8, 4) is 0 Å². The maximum Gasteiger partial charge on any atom is 0.123 e. The van der Waals surface area contributed by atoms with Crippen LogP contribution in [-0.4, -0.2) is 30.2 Å². The molecule has 0 aromatic carbocycles. The minimum absolute atomic E-state index is 0.0683. The van der Waals surface area contributed by atoms with E-state index in [2.05, 4.69) is 98.8 Å². The smallest absolute Gasteiger partial charge is 0.123 e. The number of hydrogen-bond donors (Lipinski definition) is 1. The van der Waals surface area contributed by atoms with Gasteiger partial charge in [-0.3, -0.25) is 0 Å². The first-order valence-corrected chi connectivity index (χ1v) is 18.1. The molecule has 0 radical (unpaired) electrons. The van der Waals surface area contributed by atoms with Crippen molar-refractivity contribution >= 4 is 6.29 Å². The van der Waals surface area contributed by atoms with Crippen molar-refractivity contribution in [1.82, 2.24) is 0 Å². The maximum absolute atomic E-state index is 11.6. The lowest BCUT2D eigenvalue weighted by Crippen LogP contribution is -2.28. The number of carbonyl (C=O) groups excluding carboxylic acids is 1. The van der Waals surface area contributed by atoms with Gasteiger partial charge in [-0.1, -0.05) is 135 Å². The Kier molecular flexibility index (Phi) is 19.7. The van der Waals surface area contributed by atoms with Crippen LogP contribution in [0.5, 0.6) is 0 Å². The Morgan fingerprint density at radius 2 is 1.45 bits per heavy atom. The predicted molar refractivity (Wildman–Crippen MR) is 192 cm³/mol. The molecule has 1 rings (SSSR count). The number of hydrogen-bond acceptors (Lipinski definition) is 3. The summed E-state index contributed by atoms with van der Waals surface area (Å²) in [7, 11) is 1.76. The molecule has 0 amide bonds. The Bertz CT molecular complexity index is 905. The van der Waals surface area contributed by atoms with Crippen LogP contribution in [0.25, 0.3) is 0 Å². The first-order chi connectivity index (χ1) is 20.7. The zero-order chi connectivity index (χ0) is 33.2. The van der Waals surface area contributed by atoms with Crippen LogP contribution in [0.2, 0.25) is 0 Å². The summed E-state index contributed by atoms with van der Waals surface area (Å²) in [5, 5.41) is 10.1. The second-order valence-corrected chi connectivity index (χ2v) is 15.8. The molecule has 6 atom stereocenters. The molecule has 5 unspecified atom stereocenters. The summed E-state index contributed by atoms with van der Waals surface area (Å²) in [6.07, 6.45) is 30.6. The van der Waals surface area contributed by atoms with Crippen LogP contribution in [-0.2, 0) is 9.53 Å². The fourth-order valence-corrected chi connectivity index (χ4v) is 6.75. The van der Waals surface area contributed by atoms with Crippen LogP contribution in [0.1, 0.15) is 152 Å². The summed E-state index contributed by atoms with van der Waals surface area (Å²) < 4.78 is 5.47. The van der Waals surface area contributed by atoms with Crippen molar-refractivity contribution in [3.63, 3.8) is 0 Å². The van der Waals surface area contributed by atoms with E-state index in [1.807, 2.05) is 0 Å². The number of aliphatic hydroxyl groups is 1. The third-order valence-corrected chi connectivity index (χ3v) is 10.0. The van der Waals surface area contributed by atoms with Gasteiger partial charge >= 0.3 is 0 Å². The zero-order valence-corrected chi connectivity index (χ0v) is 30.7. The summed E-state index contributed by atoms with van der Waals surface area (Å²) in [5.74, 6) is 2.68. The molecular weight excluding hydrogens is 540 g/mol. The number of rotatable bonds is 23. The summed E-state index contributed by atoms with van der Waals surface area (Å²) in [6, 6.07) is 0. The highest BCUT2D eigenvalue weighted by molar-refractivity contribution is 5.53. The molecule has 1 N–H and O–H groups in total. The highest BCUT2D eigenvalue weighted by Gasteiger charge is 2.31. The third-order valence-electron chi connectivity index (χ3n) is 10.0. The predicted octanol–water partition coefficient (Wildman–Crippen LogP) is 11.6. The van der Waals surface area contributed by atoms with Crippen molar-refractivity contribution in [2.45, 2.75) is 164 Å². The van der Waals surface area contributed by atoms with Gasteiger partial charge in [0.1, 0.15) is 6.29 Å². The standard InChI is InChI=1S/C41H72O3/c1-32(19-13-20-35(4)26-27-39-36(5)29-38(43)30-40(39,6)7)17-11-12-18-33(2)21-14-24-37(31-42)25-15-22-34(3)23-16-28-41(8,9)44-10/h15-16,22-23,26-27,31-35,37-38,43H,11-14,17-21,24-25,28-30H2,1-10H3/b22-15+,23-16+,27-26+/t32?,33?,34?,35?,37?,38-/m1/s1. The number of allylic oxidation sites excluding steroid dienone is 6. The van der Waals surface area contributed by atoms with E-state index in [1.165, 1.54) is 62.5 Å². The van der Waals surface area contributed by atoms with E-state index in [0.29, 0.717) is 11.8 Å². The van der Waals surface area contributed by atoms with Crippen molar-refractivity contribution in [1.29, 1.82) is 0 Å². The van der Waals surface area contributed by atoms with Gasteiger partial charge in [-0.05, 0) is 94.0 Å². The van der Waals surface area contributed by atoms with Crippen LogP contribution in [0.3, 0.4) is 0 Å². The number of aliphatic hydroxyl groups excluding tert-OH is 1. The second-order valence-electron chi connectivity index (χ2n) is 15.8. The van der Waals surface area contributed by atoms with Gasteiger partial charge in [0.2, 0.25) is 0 Å². The van der Waals surface area contributed by atoms with Gasteiger partial charge in [0.05, 0.1) is 11.7 Å². The average molecular weight is 613 g/mol. The van der Waals surface area contributed by atoms with E-state index >= 15 is 0 Å². The minimum atomic E-state index is -0.189. The molecule has 0 aliphatic heterocycles. The lowest BCUT2D eigenvalue weighted by atomic mass is 9.71. The second kappa shape index (κ2) is 21.4. The number of methoxy groups -OCH3 is 1. The van der Waals surface area contributed by atoms with E-state index in [4.69, 9.17) is 4.74 Å². The molecule has 0 saturated carbocycles. The van der Waals surface area contributed by atoms with Crippen molar-refractivity contribution in [3.05, 3.63) is 47.6 Å². The van der Waals surface area contributed by atoms with E-state index in [-0.39, 0.29) is 23.0 Å². The van der Waals surface area contributed by atoms with E-state index in [1.54, 1.807) is 7.11 Å². The monoisotopic (exact) mass is 613 g/mol. The van der Waals surface area contributed by atoms with E-state index in [9.17, 15) is 9.90 Å². The van der Waals surface area contributed by atoms with Gasteiger partial charge in [-0.2, -0.15) is 0 Å². The van der Waals surface area contributed by atoms with Crippen LogP contribution in [0.4, 0.5) is 0 Å². The SMILES string of the molecule is COC(C)(C)C/C=C/C(C)/C=C/CC(C=O)CCCC(C)CCCCC(C)CCCC(C)/C=C/C1=C(C)C[C@@H](O)CC1(C)C. The van der Waals surface area contributed by atoms with E-state index in [0.717, 1.165) is 56.6 Å². The molecule has 0 fully saturated rings. The van der Waals surface area contributed by atoms with Gasteiger partial charge in [-0.25, -0.2) is 0 Å². The highest BCUT2D eigenvalue weighted by Crippen LogP contribution is 2.41. The molecule has 0 saturated heterocycles. The number of aldehydes is 1. The molecule has 3 heteroatoms. The zero-order valence-electron chi connectivity index (χ0n) is 30.7. The minimum Gasteiger partial charge on any atom is -0.393 e. The van der Waals surface area contributed by atoms with Crippen LogP contribution in [0.15, 0.2) is 47.6 Å². The van der Waals surface area contributed by atoms with Gasteiger partial charge in [0, 0.05) is 13.0 Å². The topological polar surface area (TPSA) is 46.5 Å². The molecule has 0 aromatic rings. The summed E-state index contributed by atoms with van der Waals surface area (Å²) in [4.78, 5) is 11.6. The molecule has 44 heavy (non-hydrogen) atoms. The highest BCUT2D eigenvalue weighted by atomic mass is 16.5. The summed E-state index contributed by atoms with van der Waals surface area (Å²) in [5.41, 5.74) is 2.74. The average Bonchev–Trinajstić information content (AvgIpc) is 2.93. The Morgan fingerprint density at radius 1 is 0.886 bits per heavy atom. The lowest BCUT2D eigenvalue weighted by Gasteiger charge is -2.36. The first kappa shape index (κ1) is 40.6. The molecular formula is C41H72O3. The van der Waals surface area contributed by atoms with Crippen molar-refractivity contribution in [2.24, 2.45) is 35.0 Å². The molecule has 0 spiro atoms. The fraction of sp³-hybridized carbons (Fsp3) is 0.780. The van der Waals surface area contributed by atoms with Crippen LogP contribution >= 0.6 is 0 Å². The maximum atomic E-state index is 11.6. The summed E-state index contributed by atoms with van der Waals surface area (Å²) in [6.45, 7) is 20.3. The van der Waals surface area contributed by atoms with Gasteiger partial charge in [0.25, 0.3) is 0 Å². The quantitative estimate of drug-likeness (QED) is 0.0709. The van der Waals surface area contributed by atoms with Crippen LogP contribution in [0, 0.1) is 35.0 Å². The normalized spacial score (nSPS) is 21.3. The summed E-state index contributed by atoms with van der Waals surface area (Å²) >= 11 is 0. The van der Waals surface area contributed by atoms with Crippen LogP contribution < -0.4 is 0 Å². The van der Waals surface area contributed by atoms with Crippen molar-refractivity contribution < 1.29 is 14.6 Å². The molecule has 254 valence electrons. The van der Waals surface area contributed by atoms with Gasteiger partial charge in [-0.15, -0.1) is 0 Å². The Balaban J connectivity index is 2.18. The number of carbonyl (C=O) groups is 1. The molecule has 3 nitrogen and oxygen atoms in total. The molecule has 1 aliphatic rings.